The van der Waals surface area contributed by atoms with Gasteiger partial charge < -0.3 is 0 Å². The summed E-state index contributed by atoms with van der Waals surface area (Å²) in [5.74, 6) is -0.671. The number of aryl methyl sites for hydroxylation is 1. The van der Waals surface area contributed by atoms with E-state index in [1.165, 1.54) is 43.3 Å². The SMILES string of the molecule is Cc1ccc(N=Nc2ccc(S(=O)(=O)CCOS(=O)(=O)O)cc2)cc1S(=O)(=O)O. The maximum atomic E-state index is 12.1. The van der Waals surface area contributed by atoms with Crippen molar-refractivity contribution in [2.45, 2.75) is 16.7 Å². The minimum atomic E-state index is -4.73. The molecule has 0 saturated carbocycles. The van der Waals surface area contributed by atoms with E-state index in [1.54, 1.807) is 0 Å². The molecule has 0 spiro atoms. The van der Waals surface area contributed by atoms with Gasteiger partial charge in [-0.05, 0) is 48.9 Å². The van der Waals surface area contributed by atoms with Gasteiger partial charge in [0.25, 0.3) is 10.1 Å². The van der Waals surface area contributed by atoms with E-state index in [0.29, 0.717) is 5.56 Å². The maximum Gasteiger partial charge on any atom is 0.397 e. The van der Waals surface area contributed by atoms with E-state index < -0.39 is 42.7 Å². The molecular weight excluding hydrogens is 448 g/mol. The molecule has 0 aliphatic rings. The van der Waals surface area contributed by atoms with Crippen LogP contribution >= 0.6 is 0 Å². The van der Waals surface area contributed by atoms with Crippen LogP contribution in [0.4, 0.5) is 11.4 Å². The Morgan fingerprint density at radius 1 is 0.862 bits per heavy atom. The number of hydrogen-bond acceptors (Lipinski definition) is 9. The van der Waals surface area contributed by atoms with Crippen LogP contribution in [-0.2, 0) is 34.5 Å². The lowest BCUT2D eigenvalue weighted by Crippen LogP contribution is -2.15. The van der Waals surface area contributed by atoms with Crippen LogP contribution in [0.5, 0.6) is 0 Å². The number of rotatable bonds is 8. The second-order valence-corrected chi connectivity index (χ2v) is 10.3. The second kappa shape index (κ2) is 8.64. The minimum absolute atomic E-state index is 0.126. The zero-order chi connectivity index (χ0) is 21.9. The summed E-state index contributed by atoms with van der Waals surface area (Å²) < 4.78 is 89.3. The molecular formula is C15H16N2O9S3. The van der Waals surface area contributed by atoms with Gasteiger partial charge in [0.2, 0.25) is 0 Å². The van der Waals surface area contributed by atoms with Gasteiger partial charge in [-0.3, -0.25) is 9.11 Å². The highest BCUT2D eigenvalue weighted by Gasteiger charge is 2.16. The van der Waals surface area contributed by atoms with Crippen LogP contribution in [0.25, 0.3) is 0 Å². The van der Waals surface area contributed by atoms with Crippen molar-refractivity contribution >= 4 is 41.7 Å². The number of benzene rings is 2. The highest BCUT2D eigenvalue weighted by molar-refractivity contribution is 7.91. The van der Waals surface area contributed by atoms with E-state index >= 15 is 0 Å². The summed E-state index contributed by atoms with van der Waals surface area (Å²) in [6, 6.07) is 9.17. The first-order chi connectivity index (χ1) is 13.3. The fourth-order valence-corrected chi connectivity index (χ4v) is 4.36. The normalized spacial score (nSPS) is 13.1. The summed E-state index contributed by atoms with van der Waals surface area (Å²) in [5, 5.41) is 7.71. The standard InChI is InChI=1S/C15H16N2O9S3/c1-11-2-3-13(10-15(11)28(20,21)22)17-16-12-4-6-14(7-5-12)27(18,19)9-8-26-29(23,24)25/h2-7,10H,8-9H2,1H3,(H,20,21,22)(H,23,24,25). The van der Waals surface area contributed by atoms with Crippen LogP contribution in [-0.4, -0.2) is 46.7 Å². The molecule has 0 fully saturated rings. The zero-order valence-corrected chi connectivity index (χ0v) is 17.3. The fraction of sp³-hybridized carbons (Fsp3) is 0.200. The predicted molar refractivity (Wildman–Crippen MR) is 101 cm³/mol. The van der Waals surface area contributed by atoms with Gasteiger partial charge in [-0.2, -0.15) is 27.1 Å². The van der Waals surface area contributed by atoms with Crippen LogP contribution in [0.1, 0.15) is 5.56 Å². The van der Waals surface area contributed by atoms with E-state index in [-0.39, 0.29) is 21.2 Å². The van der Waals surface area contributed by atoms with Gasteiger partial charge in [0.15, 0.2) is 9.84 Å². The minimum Gasteiger partial charge on any atom is -0.282 e. The monoisotopic (exact) mass is 464 g/mol. The molecule has 14 heteroatoms. The molecule has 11 nitrogen and oxygen atoms in total. The van der Waals surface area contributed by atoms with Crippen molar-refractivity contribution in [1.82, 2.24) is 0 Å². The van der Waals surface area contributed by atoms with Crippen molar-refractivity contribution in [2.75, 3.05) is 12.4 Å². The first-order valence-corrected chi connectivity index (χ1v) is 12.2. The Balaban J connectivity index is 2.15. The average Bonchev–Trinajstić information content (AvgIpc) is 2.59. The van der Waals surface area contributed by atoms with Crippen molar-refractivity contribution in [1.29, 1.82) is 0 Å². The Labute approximate surface area is 167 Å². The second-order valence-electron chi connectivity index (χ2n) is 5.69. The molecule has 158 valence electrons. The van der Waals surface area contributed by atoms with Gasteiger partial charge in [-0.1, -0.05) is 6.07 Å². The molecule has 0 aromatic heterocycles. The summed E-state index contributed by atoms with van der Waals surface area (Å²) in [4.78, 5) is -0.429. The fourth-order valence-electron chi connectivity index (χ4n) is 2.13. The largest absolute Gasteiger partial charge is 0.397 e. The number of azo groups is 1. The smallest absolute Gasteiger partial charge is 0.282 e. The topological polar surface area (TPSA) is 177 Å². The molecule has 0 saturated heterocycles. The van der Waals surface area contributed by atoms with Gasteiger partial charge in [-0.15, -0.1) is 0 Å². The zero-order valence-electron chi connectivity index (χ0n) is 14.8. The highest BCUT2D eigenvalue weighted by Crippen LogP contribution is 2.25. The van der Waals surface area contributed by atoms with Crippen molar-refractivity contribution in [3.63, 3.8) is 0 Å². The van der Waals surface area contributed by atoms with Crippen LogP contribution in [0.15, 0.2) is 62.5 Å². The Morgan fingerprint density at radius 3 is 1.97 bits per heavy atom. The van der Waals surface area contributed by atoms with Crippen molar-refractivity contribution < 1.29 is 38.5 Å². The Morgan fingerprint density at radius 2 is 1.41 bits per heavy atom. The lowest BCUT2D eigenvalue weighted by molar-refractivity contribution is 0.284. The molecule has 2 aromatic rings. The molecule has 0 radical (unpaired) electrons. The number of hydrogen-bond donors (Lipinski definition) is 2. The van der Waals surface area contributed by atoms with Crippen LogP contribution in [0.3, 0.4) is 0 Å². The van der Waals surface area contributed by atoms with Gasteiger partial charge in [0.05, 0.1) is 33.5 Å². The molecule has 2 rings (SSSR count). The molecule has 0 atom stereocenters. The van der Waals surface area contributed by atoms with Crippen LogP contribution in [0, 0.1) is 6.92 Å². The lowest BCUT2D eigenvalue weighted by atomic mass is 10.2. The first-order valence-electron chi connectivity index (χ1n) is 7.72. The van der Waals surface area contributed by atoms with Crippen molar-refractivity contribution in [3.8, 4) is 0 Å². The summed E-state index contributed by atoms with van der Waals surface area (Å²) >= 11 is 0. The number of sulfone groups is 1. The molecule has 29 heavy (non-hydrogen) atoms. The van der Waals surface area contributed by atoms with E-state index in [9.17, 15) is 29.8 Å². The Kier molecular flexibility index (Phi) is 6.87. The Bertz CT molecular complexity index is 1230. The van der Waals surface area contributed by atoms with Crippen LogP contribution in [0.2, 0.25) is 0 Å². The third kappa shape index (κ3) is 6.95. The Hall–Kier alpha value is -2.23. The summed E-state index contributed by atoms with van der Waals surface area (Å²) in [6.45, 7) is 0.760. The highest BCUT2D eigenvalue weighted by atomic mass is 32.3. The molecule has 0 aliphatic carbocycles. The third-order valence-corrected chi connectivity index (χ3v) is 6.67. The van der Waals surface area contributed by atoms with Crippen molar-refractivity contribution in [3.05, 3.63) is 48.0 Å². The molecule has 0 unspecified atom stereocenters. The average molecular weight is 464 g/mol. The molecule has 0 bridgehead atoms. The van der Waals surface area contributed by atoms with E-state index in [1.807, 2.05) is 0 Å². The van der Waals surface area contributed by atoms with Gasteiger partial charge in [0.1, 0.15) is 0 Å². The molecule has 2 aromatic carbocycles. The summed E-state index contributed by atoms with van der Waals surface area (Å²) in [6.07, 6.45) is 0. The molecule has 0 heterocycles. The van der Waals surface area contributed by atoms with E-state index in [0.717, 1.165) is 6.07 Å². The number of nitrogens with zero attached hydrogens (tertiary/aromatic N) is 2. The van der Waals surface area contributed by atoms with E-state index in [4.69, 9.17) is 4.55 Å². The van der Waals surface area contributed by atoms with Gasteiger partial charge >= 0.3 is 10.4 Å². The molecule has 0 aliphatic heterocycles. The first kappa shape index (κ1) is 23.1. The van der Waals surface area contributed by atoms with Gasteiger partial charge in [-0.25, -0.2) is 12.6 Å². The lowest BCUT2D eigenvalue weighted by Gasteiger charge is -2.04. The maximum absolute atomic E-state index is 12.1. The molecule has 2 N–H and O–H groups in total. The van der Waals surface area contributed by atoms with E-state index in [2.05, 4.69) is 14.4 Å². The van der Waals surface area contributed by atoms with Gasteiger partial charge in [0, 0.05) is 0 Å². The molecule has 0 amide bonds. The third-order valence-electron chi connectivity index (χ3n) is 3.51. The van der Waals surface area contributed by atoms with Crippen molar-refractivity contribution in [2.24, 2.45) is 10.2 Å². The summed E-state index contributed by atoms with van der Waals surface area (Å²) in [7, 11) is -13.0. The quantitative estimate of drug-likeness (QED) is 0.438. The van der Waals surface area contributed by atoms with Crippen LogP contribution < -0.4 is 0 Å². The summed E-state index contributed by atoms with van der Waals surface area (Å²) in [5.41, 5.74) is 0.744. The predicted octanol–water partition coefficient (Wildman–Crippen LogP) is 2.25.